The molecule has 0 atom stereocenters. The van der Waals surface area contributed by atoms with E-state index in [1.807, 2.05) is 0 Å². The molecule has 5 aromatic rings. The smallest absolute Gasteiger partial charge is 0.0494 e. The van der Waals surface area contributed by atoms with Gasteiger partial charge in [-0.1, -0.05) is 72.8 Å². The SMILES string of the molecule is Cc1c(-c2ccccc2)[nH]c2ccc(-c3ccc4ccccc4c3)cc12. The van der Waals surface area contributed by atoms with Gasteiger partial charge in [-0.15, -0.1) is 0 Å². The Bertz CT molecular complexity index is 1230. The lowest BCUT2D eigenvalue weighted by Gasteiger charge is -2.05. The first-order valence-electron chi connectivity index (χ1n) is 8.96. The number of benzene rings is 4. The highest BCUT2D eigenvalue weighted by atomic mass is 14.7. The van der Waals surface area contributed by atoms with E-state index < -0.39 is 0 Å². The number of rotatable bonds is 2. The van der Waals surface area contributed by atoms with Crippen molar-refractivity contribution in [3.8, 4) is 22.4 Å². The van der Waals surface area contributed by atoms with Crippen molar-refractivity contribution in [1.82, 2.24) is 4.98 Å². The average molecular weight is 333 g/mol. The molecule has 0 saturated carbocycles. The Morgan fingerprint density at radius 2 is 1.27 bits per heavy atom. The molecule has 1 aromatic heterocycles. The zero-order chi connectivity index (χ0) is 17.5. The normalized spacial score (nSPS) is 11.3. The van der Waals surface area contributed by atoms with Gasteiger partial charge in [0.1, 0.15) is 0 Å². The van der Waals surface area contributed by atoms with E-state index in [0.29, 0.717) is 0 Å². The molecular weight excluding hydrogens is 314 g/mol. The molecule has 5 rings (SSSR count). The topological polar surface area (TPSA) is 15.8 Å². The van der Waals surface area contributed by atoms with E-state index in [1.165, 1.54) is 49.6 Å². The molecule has 26 heavy (non-hydrogen) atoms. The van der Waals surface area contributed by atoms with Crippen LogP contribution in [0.3, 0.4) is 0 Å². The van der Waals surface area contributed by atoms with E-state index >= 15 is 0 Å². The molecule has 0 unspecified atom stereocenters. The fraction of sp³-hybridized carbons (Fsp3) is 0.0400. The summed E-state index contributed by atoms with van der Waals surface area (Å²) in [5.41, 5.74) is 7.43. The molecule has 0 saturated heterocycles. The molecule has 4 aromatic carbocycles. The minimum Gasteiger partial charge on any atom is -0.354 e. The predicted octanol–water partition coefficient (Wildman–Crippen LogP) is 6.96. The number of hydrogen-bond donors (Lipinski definition) is 1. The van der Waals surface area contributed by atoms with Crippen molar-refractivity contribution < 1.29 is 0 Å². The number of nitrogens with one attached hydrogen (secondary N) is 1. The van der Waals surface area contributed by atoms with Crippen LogP contribution in [-0.4, -0.2) is 4.98 Å². The fourth-order valence-electron chi connectivity index (χ4n) is 3.77. The van der Waals surface area contributed by atoms with Crippen LogP contribution < -0.4 is 0 Å². The Kier molecular flexibility index (Phi) is 3.39. The highest BCUT2D eigenvalue weighted by molar-refractivity contribution is 5.95. The fourth-order valence-corrected chi connectivity index (χ4v) is 3.77. The van der Waals surface area contributed by atoms with Gasteiger partial charge in [-0.25, -0.2) is 0 Å². The summed E-state index contributed by atoms with van der Waals surface area (Å²) in [6.45, 7) is 2.20. The summed E-state index contributed by atoms with van der Waals surface area (Å²) in [6.07, 6.45) is 0. The second-order valence-corrected chi connectivity index (χ2v) is 6.81. The van der Waals surface area contributed by atoms with E-state index in [9.17, 15) is 0 Å². The Balaban J connectivity index is 1.66. The first kappa shape index (κ1) is 15.0. The lowest BCUT2D eigenvalue weighted by atomic mass is 9.99. The van der Waals surface area contributed by atoms with Crippen LogP contribution in [0.4, 0.5) is 0 Å². The minimum atomic E-state index is 1.19. The van der Waals surface area contributed by atoms with Crippen molar-refractivity contribution in [3.63, 3.8) is 0 Å². The summed E-state index contributed by atoms with van der Waals surface area (Å²) in [5.74, 6) is 0. The predicted molar refractivity (Wildman–Crippen MR) is 111 cm³/mol. The van der Waals surface area contributed by atoms with Gasteiger partial charge in [0.15, 0.2) is 0 Å². The number of hydrogen-bond acceptors (Lipinski definition) is 0. The van der Waals surface area contributed by atoms with Crippen LogP contribution in [0.25, 0.3) is 44.1 Å². The van der Waals surface area contributed by atoms with Gasteiger partial charge in [0.05, 0.1) is 0 Å². The van der Waals surface area contributed by atoms with Gasteiger partial charge in [0, 0.05) is 16.6 Å². The zero-order valence-electron chi connectivity index (χ0n) is 14.7. The van der Waals surface area contributed by atoms with Crippen LogP contribution in [0.5, 0.6) is 0 Å². The molecule has 0 bridgehead atoms. The molecule has 1 N–H and O–H groups in total. The van der Waals surface area contributed by atoms with E-state index in [4.69, 9.17) is 0 Å². The zero-order valence-corrected chi connectivity index (χ0v) is 14.7. The van der Waals surface area contributed by atoms with Crippen LogP contribution >= 0.6 is 0 Å². The van der Waals surface area contributed by atoms with Crippen molar-refractivity contribution in [2.45, 2.75) is 6.92 Å². The molecular formula is C25H19N. The van der Waals surface area contributed by atoms with E-state index in [0.717, 1.165) is 0 Å². The summed E-state index contributed by atoms with van der Waals surface area (Å²) >= 11 is 0. The maximum Gasteiger partial charge on any atom is 0.0494 e. The highest BCUT2D eigenvalue weighted by Gasteiger charge is 2.10. The van der Waals surface area contributed by atoms with Crippen LogP contribution in [-0.2, 0) is 0 Å². The van der Waals surface area contributed by atoms with Crippen LogP contribution in [0.1, 0.15) is 5.56 Å². The second kappa shape index (κ2) is 5.89. The maximum absolute atomic E-state index is 3.59. The van der Waals surface area contributed by atoms with Crippen molar-refractivity contribution in [2.24, 2.45) is 0 Å². The standard InChI is InChI=1S/C25H19N/c1-17-23-16-22(21-12-11-18-7-5-6-10-20(18)15-21)13-14-24(23)26-25(17)19-8-3-2-4-9-19/h2-16,26H,1H3. The molecule has 0 fully saturated rings. The number of aromatic nitrogens is 1. The van der Waals surface area contributed by atoms with Gasteiger partial charge >= 0.3 is 0 Å². The molecule has 0 aliphatic heterocycles. The Morgan fingerprint density at radius 1 is 0.577 bits per heavy atom. The summed E-state index contributed by atoms with van der Waals surface area (Å²) in [4.78, 5) is 3.59. The van der Waals surface area contributed by atoms with Crippen molar-refractivity contribution in [2.75, 3.05) is 0 Å². The third-order valence-corrected chi connectivity index (χ3v) is 5.20. The van der Waals surface area contributed by atoms with Gasteiger partial charge in [0.25, 0.3) is 0 Å². The molecule has 0 spiro atoms. The first-order chi connectivity index (χ1) is 12.8. The summed E-state index contributed by atoms with van der Waals surface area (Å²) < 4.78 is 0. The Labute approximate surface area is 152 Å². The lowest BCUT2D eigenvalue weighted by molar-refractivity contribution is 1.41. The van der Waals surface area contributed by atoms with E-state index in [2.05, 4.69) is 103 Å². The molecule has 0 amide bonds. The highest BCUT2D eigenvalue weighted by Crippen LogP contribution is 2.33. The second-order valence-electron chi connectivity index (χ2n) is 6.81. The number of fused-ring (bicyclic) bond motifs is 2. The summed E-state index contributed by atoms with van der Waals surface area (Å²) in [7, 11) is 0. The molecule has 1 nitrogen and oxygen atoms in total. The first-order valence-corrected chi connectivity index (χ1v) is 8.96. The summed E-state index contributed by atoms with van der Waals surface area (Å²) in [6, 6.07) is 32.4. The largest absolute Gasteiger partial charge is 0.354 e. The monoisotopic (exact) mass is 333 g/mol. The lowest BCUT2D eigenvalue weighted by Crippen LogP contribution is -1.80. The van der Waals surface area contributed by atoms with Crippen molar-refractivity contribution in [1.29, 1.82) is 0 Å². The molecule has 1 heterocycles. The van der Waals surface area contributed by atoms with Gasteiger partial charge in [-0.2, -0.15) is 0 Å². The van der Waals surface area contributed by atoms with Gasteiger partial charge in [-0.3, -0.25) is 0 Å². The minimum absolute atomic E-state index is 1.19. The van der Waals surface area contributed by atoms with Gasteiger partial charge in [-0.05, 0) is 58.1 Å². The van der Waals surface area contributed by atoms with Crippen molar-refractivity contribution in [3.05, 3.63) is 96.6 Å². The number of aromatic amines is 1. The Morgan fingerprint density at radius 3 is 2.12 bits per heavy atom. The third kappa shape index (κ3) is 2.41. The van der Waals surface area contributed by atoms with Crippen LogP contribution in [0, 0.1) is 6.92 Å². The molecule has 1 heteroatoms. The van der Waals surface area contributed by atoms with Crippen LogP contribution in [0.15, 0.2) is 91.0 Å². The van der Waals surface area contributed by atoms with E-state index in [1.54, 1.807) is 0 Å². The Hall–Kier alpha value is -3.32. The molecule has 0 aliphatic rings. The molecule has 0 aliphatic carbocycles. The van der Waals surface area contributed by atoms with E-state index in [-0.39, 0.29) is 0 Å². The van der Waals surface area contributed by atoms with Crippen molar-refractivity contribution >= 4 is 21.7 Å². The molecule has 0 radical (unpaired) electrons. The maximum atomic E-state index is 3.59. The summed E-state index contributed by atoms with van der Waals surface area (Å²) in [5, 5.41) is 3.84. The van der Waals surface area contributed by atoms with Crippen LogP contribution in [0.2, 0.25) is 0 Å². The average Bonchev–Trinajstić information content (AvgIpc) is 3.04. The number of aryl methyl sites for hydroxylation is 1. The van der Waals surface area contributed by atoms with Gasteiger partial charge < -0.3 is 4.98 Å². The molecule has 124 valence electrons. The quantitative estimate of drug-likeness (QED) is 0.359. The van der Waals surface area contributed by atoms with Gasteiger partial charge in [0.2, 0.25) is 0 Å². The number of H-pyrrole nitrogens is 1. The third-order valence-electron chi connectivity index (χ3n) is 5.20.